The standard InChI is InChI=1S/C8H17NO2.C4H6O2/c1-3-5-6-7-8(4-2)11-9-10;1-3(2)4(5)6/h8H,3-7H2,1-2H3;1H2,2H3,(H,5,6). The third kappa shape index (κ3) is 14.6. The van der Waals surface area contributed by atoms with Gasteiger partial charge in [0.15, 0.2) is 5.34 Å². The predicted molar refractivity (Wildman–Crippen MR) is 67.6 cm³/mol. The second-order valence-corrected chi connectivity index (χ2v) is 3.79. The summed E-state index contributed by atoms with van der Waals surface area (Å²) in [5.74, 6) is -0.935. The van der Waals surface area contributed by atoms with Crippen molar-refractivity contribution in [2.75, 3.05) is 0 Å². The van der Waals surface area contributed by atoms with Gasteiger partial charge >= 0.3 is 5.97 Å². The Hall–Kier alpha value is -1.39. The molecule has 0 fully saturated rings. The molecule has 0 radical (unpaired) electrons. The molecule has 0 aromatic carbocycles. The topological polar surface area (TPSA) is 76.0 Å². The van der Waals surface area contributed by atoms with Crippen molar-refractivity contribution in [1.29, 1.82) is 0 Å². The van der Waals surface area contributed by atoms with Crippen LogP contribution >= 0.6 is 0 Å². The van der Waals surface area contributed by atoms with E-state index in [1.54, 1.807) is 0 Å². The fraction of sp³-hybridized carbons (Fsp3) is 0.750. The Labute approximate surface area is 103 Å². The SMILES string of the molecule is C=C(C)C(=O)O.CCCCCC(CC)ON=O. The average molecular weight is 245 g/mol. The van der Waals surface area contributed by atoms with Crippen LogP contribution in [0.25, 0.3) is 0 Å². The van der Waals surface area contributed by atoms with E-state index in [1.165, 1.54) is 19.8 Å². The highest BCUT2D eigenvalue weighted by atomic mass is 16.7. The molecule has 0 aromatic heterocycles. The van der Waals surface area contributed by atoms with Gasteiger partial charge < -0.3 is 9.94 Å². The van der Waals surface area contributed by atoms with Crippen LogP contribution in [0.1, 0.15) is 52.9 Å². The van der Waals surface area contributed by atoms with E-state index in [9.17, 15) is 9.70 Å². The fourth-order valence-electron chi connectivity index (χ4n) is 1.01. The fourth-order valence-corrected chi connectivity index (χ4v) is 1.01. The molecule has 0 aromatic rings. The Bertz CT molecular complexity index is 217. The van der Waals surface area contributed by atoms with Crippen LogP contribution in [0.3, 0.4) is 0 Å². The zero-order chi connectivity index (χ0) is 13.7. The quantitative estimate of drug-likeness (QED) is 0.306. The maximum atomic E-state index is 9.73. The van der Waals surface area contributed by atoms with Crippen LogP contribution < -0.4 is 0 Å². The van der Waals surface area contributed by atoms with Gasteiger partial charge in [-0.25, -0.2) is 4.79 Å². The molecule has 0 aliphatic heterocycles. The minimum atomic E-state index is -0.935. The summed E-state index contributed by atoms with van der Waals surface area (Å²) in [4.78, 5) is 23.9. The number of carboxylic acid groups (broad SMARTS) is 1. The Kier molecular flexibility index (Phi) is 13.4. The van der Waals surface area contributed by atoms with Gasteiger partial charge in [0.25, 0.3) is 0 Å². The third-order valence-corrected chi connectivity index (χ3v) is 2.14. The van der Waals surface area contributed by atoms with E-state index < -0.39 is 5.97 Å². The summed E-state index contributed by atoms with van der Waals surface area (Å²) in [5.41, 5.74) is 0.176. The van der Waals surface area contributed by atoms with E-state index in [0.717, 1.165) is 19.3 Å². The number of carbonyl (C=O) groups is 1. The van der Waals surface area contributed by atoms with E-state index >= 15 is 0 Å². The Morgan fingerprint density at radius 1 is 1.41 bits per heavy atom. The minimum Gasteiger partial charge on any atom is -0.478 e. The number of unbranched alkanes of at least 4 members (excludes halogenated alkanes) is 2. The van der Waals surface area contributed by atoms with Gasteiger partial charge in [-0.2, -0.15) is 0 Å². The summed E-state index contributed by atoms with van der Waals surface area (Å²) in [6, 6.07) is 0. The molecule has 0 amide bonds. The number of hydrogen-bond donors (Lipinski definition) is 1. The van der Waals surface area contributed by atoms with Crippen molar-refractivity contribution in [3.63, 3.8) is 0 Å². The number of carboxylic acids is 1. The molecule has 0 aliphatic rings. The highest BCUT2D eigenvalue weighted by molar-refractivity contribution is 5.84. The van der Waals surface area contributed by atoms with Crippen LogP contribution in [0.5, 0.6) is 0 Å². The van der Waals surface area contributed by atoms with Gasteiger partial charge in [-0.15, -0.1) is 4.91 Å². The van der Waals surface area contributed by atoms with E-state index in [2.05, 4.69) is 23.7 Å². The molecular weight excluding hydrogens is 222 g/mol. The monoisotopic (exact) mass is 245 g/mol. The Balaban J connectivity index is 0. The normalized spacial score (nSPS) is 10.8. The lowest BCUT2D eigenvalue weighted by Gasteiger charge is -2.08. The predicted octanol–water partition coefficient (Wildman–Crippen LogP) is 3.69. The molecule has 1 unspecified atom stereocenters. The molecule has 0 rings (SSSR count). The molecule has 0 heterocycles. The van der Waals surface area contributed by atoms with Crippen LogP contribution in [0.4, 0.5) is 0 Å². The molecule has 0 aliphatic carbocycles. The zero-order valence-corrected chi connectivity index (χ0v) is 10.9. The lowest BCUT2D eigenvalue weighted by Crippen LogP contribution is -2.07. The van der Waals surface area contributed by atoms with E-state index in [-0.39, 0.29) is 11.7 Å². The number of rotatable bonds is 8. The molecule has 1 N–H and O–H groups in total. The summed E-state index contributed by atoms with van der Waals surface area (Å²) in [6.45, 7) is 8.76. The first-order chi connectivity index (χ1) is 7.99. The van der Waals surface area contributed by atoms with Gasteiger partial charge in [-0.1, -0.05) is 33.3 Å². The molecule has 0 saturated carbocycles. The second kappa shape index (κ2) is 12.7. The smallest absolute Gasteiger partial charge is 0.330 e. The van der Waals surface area contributed by atoms with Gasteiger partial charge in [0.1, 0.15) is 6.10 Å². The molecule has 5 nitrogen and oxygen atoms in total. The second-order valence-electron chi connectivity index (χ2n) is 3.79. The molecule has 5 heteroatoms. The van der Waals surface area contributed by atoms with Gasteiger partial charge in [0.2, 0.25) is 0 Å². The van der Waals surface area contributed by atoms with Crippen LogP contribution in [0, 0.1) is 4.91 Å². The first kappa shape index (κ1) is 18.0. The largest absolute Gasteiger partial charge is 0.478 e. The van der Waals surface area contributed by atoms with Crippen LogP contribution in [0.15, 0.2) is 17.5 Å². The van der Waals surface area contributed by atoms with Crippen molar-refractivity contribution in [3.05, 3.63) is 17.1 Å². The summed E-state index contributed by atoms with van der Waals surface area (Å²) in [5, 5.41) is 10.3. The maximum Gasteiger partial charge on any atom is 0.330 e. The zero-order valence-electron chi connectivity index (χ0n) is 10.9. The van der Waals surface area contributed by atoms with Crippen molar-refractivity contribution in [2.45, 2.75) is 59.0 Å². The summed E-state index contributed by atoms with van der Waals surface area (Å²) >= 11 is 0. The molecular formula is C12H23NO4. The third-order valence-electron chi connectivity index (χ3n) is 2.14. The molecule has 17 heavy (non-hydrogen) atoms. The highest BCUT2D eigenvalue weighted by Gasteiger charge is 2.05. The Morgan fingerprint density at radius 3 is 2.24 bits per heavy atom. The van der Waals surface area contributed by atoms with Crippen LogP contribution in [0.2, 0.25) is 0 Å². The number of aliphatic carboxylic acids is 1. The average Bonchev–Trinajstić information content (AvgIpc) is 2.29. The van der Waals surface area contributed by atoms with Gasteiger partial charge in [-0.05, 0) is 26.2 Å². The molecule has 1 atom stereocenters. The van der Waals surface area contributed by atoms with E-state index in [1.807, 2.05) is 6.92 Å². The highest BCUT2D eigenvalue weighted by Crippen LogP contribution is 2.09. The lowest BCUT2D eigenvalue weighted by atomic mass is 10.1. The molecule has 0 bridgehead atoms. The van der Waals surface area contributed by atoms with Crippen LogP contribution in [-0.4, -0.2) is 17.2 Å². The lowest BCUT2D eigenvalue weighted by molar-refractivity contribution is -0.132. The minimum absolute atomic E-state index is 0.0408. The van der Waals surface area contributed by atoms with E-state index in [4.69, 9.17) is 5.11 Å². The van der Waals surface area contributed by atoms with Crippen molar-refractivity contribution >= 4 is 5.97 Å². The Morgan fingerprint density at radius 2 is 1.94 bits per heavy atom. The van der Waals surface area contributed by atoms with Gasteiger partial charge in [0.05, 0.1) is 0 Å². The van der Waals surface area contributed by atoms with Crippen molar-refractivity contribution in [2.24, 2.45) is 5.34 Å². The summed E-state index contributed by atoms with van der Waals surface area (Å²) in [7, 11) is 0. The molecule has 100 valence electrons. The number of hydrogen-bond acceptors (Lipinski definition) is 4. The summed E-state index contributed by atoms with van der Waals surface area (Å²) < 4.78 is 0. The van der Waals surface area contributed by atoms with Crippen molar-refractivity contribution < 1.29 is 14.7 Å². The maximum absolute atomic E-state index is 9.73. The first-order valence-corrected chi connectivity index (χ1v) is 5.86. The van der Waals surface area contributed by atoms with Gasteiger partial charge in [-0.3, -0.25) is 0 Å². The van der Waals surface area contributed by atoms with Crippen LogP contribution in [-0.2, 0) is 9.63 Å². The first-order valence-electron chi connectivity index (χ1n) is 5.86. The van der Waals surface area contributed by atoms with Crippen molar-refractivity contribution in [1.82, 2.24) is 0 Å². The summed E-state index contributed by atoms with van der Waals surface area (Å²) in [6.07, 6.45) is 5.40. The molecule has 0 saturated heterocycles. The molecule has 0 spiro atoms. The van der Waals surface area contributed by atoms with Gasteiger partial charge in [0, 0.05) is 5.57 Å². The van der Waals surface area contributed by atoms with Crippen molar-refractivity contribution in [3.8, 4) is 0 Å². The number of nitrogens with zero attached hydrogens (tertiary/aromatic N) is 1. The van der Waals surface area contributed by atoms with E-state index in [0.29, 0.717) is 0 Å².